The number of nitrogens with one attached hydrogen (secondary N) is 2. The number of carbonyl (C=O) groups is 1. The lowest BCUT2D eigenvalue weighted by molar-refractivity contribution is 0.252. The largest absolute Gasteiger partial charge is 0.489 e. The fourth-order valence-corrected chi connectivity index (χ4v) is 1.82. The molecule has 0 aliphatic carbocycles. The van der Waals surface area contributed by atoms with Gasteiger partial charge < -0.3 is 15.4 Å². The van der Waals surface area contributed by atoms with Crippen molar-refractivity contribution in [2.24, 2.45) is 0 Å². The van der Waals surface area contributed by atoms with Gasteiger partial charge in [0.25, 0.3) is 0 Å². The van der Waals surface area contributed by atoms with Crippen LogP contribution in [0.15, 0.2) is 48.5 Å². The SMILES string of the molecule is CCCNC(=O)Nc1cccc(OCc2ccc(F)cc2)c1. The monoisotopic (exact) mass is 302 g/mol. The van der Waals surface area contributed by atoms with Gasteiger partial charge in [0.15, 0.2) is 0 Å². The van der Waals surface area contributed by atoms with Gasteiger partial charge in [0.1, 0.15) is 18.2 Å². The van der Waals surface area contributed by atoms with E-state index < -0.39 is 0 Å². The zero-order valence-electron chi connectivity index (χ0n) is 12.4. The highest BCUT2D eigenvalue weighted by Crippen LogP contribution is 2.18. The molecule has 2 rings (SSSR count). The maximum absolute atomic E-state index is 12.8. The summed E-state index contributed by atoms with van der Waals surface area (Å²) in [6.07, 6.45) is 0.883. The molecular weight excluding hydrogens is 283 g/mol. The highest BCUT2D eigenvalue weighted by atomic mass is 19.1. The average Bonchev–Trinajstić information content (AvgIpc) is 2.53. The number of urea groups is 1. The third-order valence-electron chi connectivity index (χ3n) is 2.95. The summed E-state index contributed by atoms with van der Waals surface area (Å²) in [5, 5.41) is 5.48. The van der Waals surface area contributed by atoms with Crippen LogP contribution in [0.4, 0.5) is 14.9 Å². The molecule has 0 saturated carbocycles. The Balaban J connectivity index is 1.90. The van der Waals surface area contributed by atoms with Gasteiger partial charge in [-0.2, -0.15) is 0 Å². The molecule has 0 atom stereocenters. The third-order valence-corrected chi connectivity index (χ3v) is 2.95. The molecule has 0 aliphatic rings. The van der Waals surface area contributed by atoms with Crippen LogP contribution < -0.4 is 15.4 Å². The number of ether oxygens (including phenoxy) is 1. The van der Waals surface area contributed by atoms with Crippen molar-refractivity contribution in [1.82, 2.24) is 5.32 Å². The first-order valence-electron chi connectivity index (χ1n) is 7.19. The minimum atomic E-state index is -0.270. The molecule has 22 heavy (non-hydrogen) atoms. The number of anilines is 1. The summed E-state index contributed by atoms with van der Waals surface area (Å²) in [6, 6.07) is 13.0. The first-order valence-corrected chi connectivity index (χ1v) is 7.19. The highest BCUT2D eigenvalue weighted by molar-refractivity contribution is 5.89. The summed E-state index contributed by atoms with van der Waals surface area (Å²) in [5.41, 5.74) is 1.53. The van der Waals surface area contributed by atoms with Gasteiger partial charge in [0.2, 0.25) is 0 Å². The van der Waals surface area contributed by atoms with Gasteiger partial charge in [-0.05, 0) is 36.2 Å². The van der Waals surface area contributed by atoms with E-state index in [1.807, 2.05) is 6.92 Å². The van der Waals surface area contributed by atoms with E-state index in [9.17, 15) is 9.18 Å². The molecule has 0 saturated heterocycles. The van der Waals surface area contributed by atoms with Crippen LogP contribution in [0.2, 0.25) is 0 Å². The minimum Gasteiger partial charge on any atom is -0.489 e. The first-order chi connectivity index (χ1) is 10.7. The Morgan fingerprint density at radius 1 is 1.18 bits per heavy atom. The lowest BCUT2D eigenvalue weighted by atomic mass is 10.2. The summed E-state index contributed by atoms with van der Waals surface area (Å²) in [6.45, 7) is 2.96. The fraction of sp³-hybridized carbons (Fsp3) is 0.235. The van der Waals surface area contributed by atoms with Gasteiger partial charge in [-0.15, -0.1) is 0 Å². The van der Waals surface area contributed by atoms with Gasteiger partial charge in [-0.3, -0.25) is 0 Å². The van der Waals surface area contributed by atoms with Crippen LogP contribution in [0.3, 0.4) is 0 Å². The van der Waals surface area contributed by atoms with E-state index in [0.717, 1.165) is 12.0 Å². The minimum absolute atomic E-state index is 0.238. The number of amides is 2. The van der Waals surface area contributed by atoms with E-state index >= 15 is 0 Å². The second-order valence-corrected chi connectivity index (χ2v) is 4.82. The molecule has 2 N–H and O–H groups in total. The van der Waals surface area contributed by atoms with Crippen molar-refractivity contribution in [3.05, 3.63) is 59.9 Å². The number of benzene rings is 2. The second kappa shape index (κ2) is 8.02. The Labute approximate surface area is 129 Å². The third kappa shape index (κ3) is 5.09. The van der Waals surface area contributed by atoms with Crippen molar-refractivity contribution in [2.75, 3.05) is 11.9 Å². The molecule has 2 aromatic rings. The van der Waals surface area contributed by atoms with Gasteiger partial charge in [0.05, 0.1) is 0 Å². The second-order valence-electron chi connectivity index (χ2n) is 4.82. The molecule has 2 amide bonds. The Bertz CT molecular complexity index is 614. The topological polar surface area (TPSA) is 50.4 Å². The van der Waals surface area contributed by atoms with E-state index in [0.29, 0.717) is 24.6 Å². The predicted octanol–water partition coefficient (Wildman–Crippen LogP) is 3.94. The molecule has 0 fully saturated rings. The van der Waals surface area contributed by atoms with Gasteiger partial charge in [-0.25, -0.2) is 9.18 Å². The number of halogens is 1. The number of rotatable bonds is 6. The van der Waals surface area contributed by atoms with Crippen molar-refractivity contribution in [3.8, 4) is 5.75 Å². The maximum Gasteiger partial charge on any atom is 0.319 e. The van der Waals surface area contributed by atoms with E-state index in [2.05, 4.69) is 10.6 Å². The van der Waals surface area contributed by atoms with Crippen molar-refractivity contribution in [2.45, 2.75) is 20.0 Å². The lowest BCUT2D eigenvalue weighted by Gasteiger charge is -2.10. The average molecular weight is 302 g/mol. The molecule has 0 radical (unpaired) electrons. The normalized spacial score (nSPS) is 10.1. The molecule has 0 heterocycles. The summed E-state index contributed by atoms with van der Waals surface area (Å²) in [5.74, 6) is 0.366. The van der Waals surface area contributed by atoms with E-state index in [1.54, 1.807) is 36.4 Å². The Morgan fingerprint density at radius 3 is 2.68 bits per heavy atom. The summed E-state index contributed by atoms with van der Waals surface area (Å²) in [4.78, 5) is 11.6. The van der Waals surface area contributed by atoms with E-state index in [4.69, 9.17) is 4.74 Å². The Kier molecular flexibility index (Phi) is 5.77. The summed E-state index contributed by atoms with van der Waals surface area (Å²) in [7, 11) is 0. The van der Waals surface area contributed by atoms with Crippen LogP contribution in [0.1, 0.15) is 18.9 Å². The van der Waals surface area contributed by atoms with Crippen LogP contribution in [-0.4, -0.2) is 12.6 Å². The zero-order chi connectivity index (χ0) is 15.8. The Hall–Kier alpha value is -2.56. The lowest BCUT2D eigenvalue weighted by Crippen LogP contribution is -2.29. The van der Waals surface area contributed by atoms with Crippen LogP contribution in [0.5, 0.6) is 5.75 Å². The smallest absolute Gasteiger partial charge is 0.319 e. The molecule has 0 unspecified atom stereocenters. The van der Waals surface area contributed by atoms with Crippen LogP contribution in [0.25, 0.3) is 0 Å². The highest BCUT2D eigenvalue weighted by Gasteiger charge is 2.02. The fourth-order valence-electron chi connectivity index (χ4n) is 1.82. The quantitative estimate of drug-likeness (QED) is 0.849. The van der Waals surface area contributed by atoms with Crippen LogP contribution >= 0.6 is 0 Å². The zero-order valence-corrected chi connectivity index (χ0v) is 12.4. The first kappa shape index (κ1) is 15.8. The number of hydrogen-bond acceptors (Lipinski definition) is 2. The van der Waals surface area contributed by atoms with E-state index in [1.165, 1.54) is 12.1 Å². The van der Waals surface area contributed by atoms with Gasteiger partial charge >= 0.3 is 6.03 Å². The predicted molar refractivity (Wildman–Crippen MR) is 84.5 cm³/mol. The number of carbonyl (C=O) groups excluding carboxylic acids is 1. The molecule has 0 aliphatic heterocycles. The number of hydrogen-bond donors (Lipinski definition) is 2. The van der Waals surface area contributed by atoms with Crippen LogP contribution in [-0.2, 0) is 6.61 Å². The molecule has 116 valence electrons. The summed E-state index contributed by atoms with van der Waals surface area (Å²) >= 11 is 0. The van der Waals surface area contributed by atoms with Crippen molar-refractivity contribution < 1.29 is 13.9 Å². The maximum atomic E-state index is 12.8. The molecule has 2 aromatic carbocycles. The Morgan fingerprint density at radius 2 is 1.95 bits per heavy atom. The van der Waals surface area contributed by atoms with Gasteiger partial charge in [0, 0.05) is 18.3 Å². The van der Waals surface area contributed by atoms with Crippen LogP contribution in [0, 0.1) is 5.82 Å². The standard InChI is InChI=1S/C17H19FN2O2/c1-2-10-19-17(21)20-15-4-3-5-16(11-15)22-12-13-6-8-14(18)9-7-13/h3-9,11H,2,10,12H2,1H3,(H2,19,20,21). The van der Waals surface area contributed by atoms with Crippen molar-refractivity contribution in [3.63, 3.8) is 0 Å². The molecule has 0 aromatic heterocycles. The summed E-state index contributed by atoms with van der Waals surface area (Å²) < 4.78 is 18.5. The molecule has 0 spiro atoms. The molecule has 4 nitrogen and oxygen atoms in total. The van der Waals surface area contributed by atoms with Crippen molar-refractivity contribution >= 4 is 11.7 Å². The molecule has 5 heteroatoms. The van der Waals surface area contributed by atoms with E-state index in [-0.39, 0.29) is 11.8 Å². The molecular formula is C17H19FN2O2. The molecule has 0 bridgehead atoms. The van der Waals surface area contributed by atoms with Gasteiger partial charge in [-0.1, -0.05) is 25.1 Å². The van der Waals surface area contributed by atoms with Crippen molar-refractivity contribution in [1.29, 1.82) is 0 Å².